The Kier molecular flexibility index (Phi) is 4.10. The van der Waals surface area contributed by atoms with Crippen LogP contribution in [0.4, 0.5) is 8.78 Å². The largest absolute Gasteiger partial charge is 0.361 e. The molecule has 26 heavy (non-hydrogen) atoms. The molecule has 1 aromatic heterocycles. The number of fused-ring (bicyclic) bond motifs is 2. The minimum atomic E-state index is -0.850. The van der Waals surface area contributed by atoms with Crippen LogP contribution in [-0.2, 0) is 11.2 Å². The molecule has 2 aromatic rings. The van der Waals surface area contributed by atoms with E-state index in [0.29, 0.717) is 30.7 Å². The van der Waals surface area contributed by atoms with Crippen molar-refractivity contribution in [3.05, 3.63) is 41.1 Å². The molecule has 0 saturated carbocycles. The zero-order chi connectivity index (χ0) is 18.6. The molecular weight excluding hydrogens is 336 g/mol. The maximum absolute atomic E-state index is 14.8. The second kappa shape index (κ2) is 6.20. The lowest BCUT2D eigenvalue weighted by Gasteiger charge is -2.37. The summed E-state index contributed by atoms with van der Waals surface area (Å²) >= 11 is 0. The molecule has 1 aliphatic heterocycles. The van der Waals surface area contributed by atoms with E-state index in [1.807, 2.05) is 33.2 Å². The zero-order valence-corrected chi connectivity index (χ0v) is 15.3. The summed E-state index contributed by atoms with van der Waals surface area (Å²) in [6.45, 7) is 5.89. The van der Waals surface area contributed by atoms with Crippen molar-refractivity contribution in [2.24, 2.45) is 5.92 Å². The van der Waals surface area contributed by atoms with Gasteiger partial charge in [0.1, 0.15) is 12.0 Å². The third kappa shape index (κ3) is 2.39. The van der Waals surface area contributed by atoms with Crippen LogP contribution in [0.15, 0.2) is 18.3 Å². The molecule has 138 valence electrons. The lowest BCUT2D eigenvalue weighted by molar-refractivity contribution is -0.900. The fourth-order valence-corrected chi connectivity index (χ4v) is 4.58. The number of benzene rings is 1. The Hall–Kier alpha value is -2.21. The Labute approximate surface area is 151 Å². The minimum Gasteiger partial charge on any atom is -0.361 e. The number of halogens is 2. The summed E-state index contributed by atoms with van der Waals surface area (Å²) in [7, 11) is 2.03. The average Bonchev–Trinajstić information content (AvgIpc) is 3.02. The summed E-state index contributed by atoms with van der Waals surface area (Å²) in [6, 6.07) is 1.26. The number of carbonyl (C=O) groups excluding carboxylic acids is 1. The van der Waals surface area contributed by atoms with Gasteiger partial charge in [-0.2, -0.15) is 0 Å². The molecule has 0 saturated heterocycles. The second-order valence-electron chi connectivity index (χ2n) is 7.33. The molecule has 1 unspecified atom stereocenters. The molecule has 1 amide bonds. The number of hydrogen-bond donors (Lipinski definition) is 2. The molecule has 0 spiro atoms. The Morgan fingerprint density at radius 1 is 1.35 bits per heavy atom. The van der Waals surface area contributed by atoms with Gasteiger partial charge >= 0.3 is 0 Å². The summed E-state index contributed by atoms with van der Waals surface area (Å²) in [4.78, 5) is 18.9. The molecule has 0 bridgehead atoms. The lowest BCUT2D eigenvalue weighted by Crippen LogP contribution is -3.15. The van der Waals surface area contributed by atoms with Gasteiger partial charge in [0.2, 0.25) is 5.91 Å². The number of aromatic nitrogens is 1. The highest BCUT2D eigenvalue weighted by atomic mass is 19.2. The Morgan fingerprint density at radius 3 is 2.77 bits per heavy atom. The van der Waals surface area contributed by atoms with Crippen molar-refractivity contribution in [1.82, 2.24) is 9.88 Å². The first-order chi connectivity index (χ1) is 12.5. The number of rotatable bonds is 3. The standard InChI is InChI=1S/C20H23F2N3O/c1-4-25(5-2)20(26)12-6-13-16(24(3)10-12)7-11-9-23-15-8-14(21)19(22)18(13)17(11)15/h6,8-9,12,16,23H,4-5,7,10H2,1-3H3/p+1/t12-,16-/m1/s1. The van der Waals surface area contributed by atoms with E-state index in [1.165, 1.54) is 6.07 Å². The molecule has 0 fully saturated rings. The van der Waals surface area contributed by atoms with E-state index in [2.05, 4.69) is 4.98 Å². The number of hydrogen-bond acceptors (Lipinski definition) is 1. The van der Waals surface area contributed by atoms with Crippen molar-refractivity contribution in [3.8, 4) is 0 Å². The quantitative estimate of drug-likeness (QED) is 0.861. The number of nitrogens with zero attached hydrogens (tertiary/aromatic N) is 1. The predicted octanol–water partition coefficient (Wildman–Crippen LogP) is 1.77. The van der Waals surface area contributed by atoms with Crippen molar-refractivity contribution in [1.29, 1.82) is 0 Å². The van der Waals surface area contributed by atoms with E-state index in [4.69, 9.17) is 0 Å². The predicted molar refractivity (Wildman–Crippen MR) is 96.9 cm³/mol. The van der Waals surface area contributed by atoms with Gasteiger partial charge in [-0.25, -0.2) is 8.78 Å². The van der Waals surface area contributed by atoms with Crippen LogP contribution in [0, 0.1) is 17.6 Å². The number of likely N-dealkylation sites (N-methyl/N-ethyl adjacent to an activating group) is 1. The fraction of sp³-hybridized carbons (Fsp3) is 0.450. The van der Waals surface area contributed by atoms with Crippen LogP contribution in [-0.4, -0.2) is 48.5 Å². The third-order valence-electron chi connectivity index (χ3n) is 5.94. The first-order valence-electron chi connectivity index (χ1n) is 9.27. The number of carbonyl (C=O) groups is 1. The molecule has 1 aromatic carbocycles. The van der Waals surface area contributed by atoms with Crippen molar-refractivity contribution in [3.63, 3.8) is 0 Å². The number of nitrogens with one attached hydrogen (secondary N) is 2. The van der Waals surface area contributed by atoms with E-state index in [9.17, 15) is 13.6 Å². The van der Waals surface area contributed by atoms with Gasteiger partial charge in [-0.05, 0) is 19.4 Å². The number of H-pyrrole nitrogens is 1. The van der Waals surface area contributed by atoms with Gasteiger partial charge < -0.3 is 14.8 Å². The number of quaternary nitrogens is 1. The van der Waals surface area contributed by atoms with Crippen molar-refractivity contribution < 1.29 is 18.5 Å². The van der Waals surface area contributed by atoms with E-state index in [1.54, 1.807) is 4.90 Å². The first-order valence-corrected chi connectivity index (χ1v) is 9.27. The van der Waals surface area contributed by atoms with E-state index in [0.717, 1.165) is 27.8 Å². The summed E-state index contributed by atoms with van der Waals surface area (Å²) in [6.07, 6.45) is 4.51. The average molecular weight is 360 g/mol. The molecular formula is C20H24F2N3O+. The molecule has 4 rings (SSSR count). The monoisotopic (exact) mass is 360 g/mol. The van der Waals surface area contributed by atoms with Gasteiger partial charge in [0.15, 0.2) is 11.6 Å². The lowest BCUT2D eigenvalue weighted by atomic mass is 9.79. The maximum atomic E-state index is 14.8. The molecule has 1 aliphatic carbocycles. The molecule has 2 N–H and O–H groups in total. The molecule has 2 aliphatic rings. The van der Waals surface area contributed by atoms with Crippen LogP contribution in [0.2, 0.25) is 0 Å². The third-order valence-corrected chi connectivity index (χ3v) is 5.94. The minimum absolute atomic E-state index is 0.0403. The highest BCUT2D eigenvalue weighted by molar-refractivity contribution is 5.99. The SMILES string of the molecule is CCN(CC)C(=O)[C@@H]1C=C2c3c(F)c(F)cc4[nH]cc(c34)C[C@H]2[NH+](C)C1. The van der Waals surface area contributed by atoms with Gasteiger partial charge in [-0.3, -0.25) is 4.79 Å². The fourth-order valence-electron chi connectivity index (χ4n) is 4.58. The molecule has 3 atom stereocenters. The van der Waals surface area contributed by atoms with Gasteiger partial charge in [0.25, 0.3) is 0 Å². The Balaban J connectivity index is 1.88. The van der Waals surface area contributed by atoms with E-state index >= 15 is 0 Å². The van der Waals surface area contributed by atoms with Gasteiger partial charge in [0.05, 0.1) is 13.6 Å². The van der Waals surface area contributed by atoms with Crippen LogP contribution in [0.5, 0.6) is 0 Å². The van der Waals surface area contributed by atoms with Crippen molar-refractivity contribution in [2.75, 3.05) is 26.7 Å². The van der Waals surface area contributed by atoms with Gasteiger partial charge in [-0.15, -0.1) is 0 Å². The summed E-state index contributed by atoms with van der Waals surface area (Å²) in [5.74, 6) is -1.90. The molecule has 0 radical (unpaired) electrons. The summed E-state index contributed by atoms with van der Waals surface area (Å²) in [5.41, 5.74) is 2.74. The highest BCUT2D eigenvalue weighted by Crippen LogP contribution is 2.39. The zero-order valence-electron chi connectivity index (χ0n) is 15.3. The van der Waals surface area contributed by atoms with Crippen LogP contribution in [0.25, 0.3) is 16.5 Å². The van der Waals surface area contributed by atoms with Crippen LogP contribution >= 0.6 is 0 Å². The topological polar surface area (TPSA) is 40.5 Å². The van der Waals surface area contributed by atoms with Crippen LogP contribution in [0.3, 0.4) is 0 Å². The number of aromatic amines is 1. The summed E-state index contributed by atoms with van der Waals surface area (Å²) in [5, 5.41) is 0.759. The normalized spacial score (nSPS) is 24.3. The summed E-state index contributed by atoms with van der Waals surface area (Å²) < 4.78 is 29.0. The Morgan fingerprint density at radius 2 is 2.08 bits per heavy atom. The number of amides is 1. The molecule has 4 nitrogen and oxygen atoms in total. The molecule has 2 heterocycles. The van der Waals surface area contributed by atoms with Crippen molar-refractivity contribution in [2.45, 2.75) is 26.3 Å². The Bertz CT molecular complexity index is 913. The van der Waals surface area contributed by atoms with Crippen LogP contribution in [0.1, 0.15) is 25.0 Å². The van der Waals surface area contributed by atoms with Crippen LogP contribution < -0.4 is 4.90 Å². The van der Waals surface area contributed by atoms with Gasteiger partial charge in [0, 0.05) is 53.8 Å². The first kappa shape index (κ1) is 17.2. The maximum Gasteiger partial charge on any atom is 0.235 e. The van der Waals surface area contributed by atoms with Crippen molar-refractivity contribution >= 4 is 22.4 Å². The highest BCUT2D eigenvalue weighted by Gasteiger charge is 2.41. The van der Waals surface area contributed by atoms with E-state index < -0.39 is 11.6 Å². The smallest absolute Gasteiger partial charge is 0.235 e. The second-order valence-corrected chi connectivity index (χ2v) is 7.33. The van der Waals surface area contributed by atoms with Gasteiger partial charge in [-0.1, -0.05) is 6.08 Å². The van der Waals surface area contributed by atoms with E-state index in [-0.39, 0.29) is 17.9 Å². The molecule has 6 heteroatoms.